The van der Waals surface area contributed by atoms with Crippen LogP contribution in [0.5, 0.6) is 11.5 Å². The lowest BCUT2D eigenvalue weighted by atomic mass is 10.2. The van der Waals surface area contributed by atoms with Crippen molar-refractivity contribution < 1.29 is 18.7 Å². The van der Waals surface area contributed by atoms with Crippen molar-refractivity contribution in [2.75, 3.05) is 26.0 Å². The van der Waals surface area contributed by atoms with Crippen molar-refractivity contribution in [3.8, 4) is 22.9 Å². The van der Waals surface area contributed by atoms with Crippen LogP contribution in [0.4, 0.5) is 4.39 Å². The standard InChI is InChI=1S/C26H25FN4O3S/c1-33-22-13-7-8-14-23(22)34-16-15-28-24(32)18-35-26-30-29-25(20-11-5-6-12-21(20)27)31(26)17-19-9-3-2-4-10-19/h2-14H,15-18H2,1H3,(H,28,32). The molecule has 0 aliphatic heterocycles. The number of thioether (sulfide) groups is 1. The lowest BCUT2D eigenvalue weighted by Crippen LogP contribution is -2.29. The van der Waals surface area contributed by atoms with E-state index in [1.165, 1.54) is 17.8 Å². The number of para-hydroxylation sites is 2. The Morgan fingerprint density at radius 1 is 0.971 bits per heavy atom. The number of hydrogen-bond acceptors (Lipinski definition) is 6. The zero-order valence-corrected chi connectivity index (χ0v) is 20.0. The molecule has 180 valence electrons. The smallest absolute Gasteiger partial charge is 0.230 e. The van der Waals surface area contributed by atoms with Gasteiger partial charge in [-0.15, -0.1) is 10.2 Å². The molecule has 0 saturated carbocycles. The van der Waals surface area contributed by atoms with E-state index in [0.29, 0.717) is 47.7 Å². The Hall–Kier alpha value is -3.85. The Bertz CT molecular complexity index is 1270. The van der Waals surface area contributed by atoms with Crippen molar-refractivity contribution in [1.29, 1.82) is 0 Å². The number of methoxy groups -OCH3 is 1. The van der Waals surface area contributed by atoms with E-state index in [4.69, 9.17) is 9.47 Å². The Balaban J connectivity index is 1.38. The summed E-state index contributed by atoms with van der Waals surface area (Å²) < 4.78 is 27.3. The second-order valence-electron chi connectivity index (χ2n) is 7.50. The molecule has 4 aromatic rings. The summed E-state index contributed by atoms with van der Waals surface area (Å²) in [4.78, 5) is 12.4. The van der Waals surface area contributed by atoms with Gasteiger partial charge in [-0.2, -0.15) is 0 Å². The zero-order valence-electron chi connectivity index (χ0n) is 19.2. The molecular weight excluding hydrogens is 467 g/mol. The number of rotatable bonds is 11. The third kappa shape index (κ3) is 6.39. The minimum absolute atomic E-state index is 0.138. The molecule has 0 radical (unpaired) electrons. The van der Waals surface area contributed by atoms with Crippen molar-refractivity contribution >= 4 is 17.7 Å². The highest BCUT2D eigenvalue weighted by Gasteiger charge is 2.18. The Labute approximate surface area is 207 Å². The van der Waals surface area contributed by atoms with Gasteiger partial charge in [0.1, 0.15) is 12.4 Å². The van der Waals surface area contributed by atoms with Gasteiger partial charge < -0.3 is 14.8 Å². The summed E-state index contributed by atoms with van der Waals surface area (Å²) >= 11 is 1.25. The Morgan fingerprint density at radius 2 is 1.69 bits per heavy atom. The average molecular weight is 493 g/mol. The highest BCUT2D eigenvalue weighted by atomic mass is 32.2. The molecule has 7 nitrogen and oxygen atoms in total. The van der Waals surface area contributed by atoms with Gasteiger partial charge in [0.2, 0.25) is 5.91 Å². The van der Waals surface area contributed by atoms with Crippen molar-refractivity contribution in [2.24, 2.45) is 0 Å². The summed E-state index contributed by atoms with van der Waals surface area (Å²) in [6.07, 6.45) is 0. The molecular formula is C26H25FN4O3S. The van der Waals surface area contributed by atoms with Crippen LogP contribution >= 0.6 is 11.8 Å². The number of hydrogen-bond donors (Lipinski definition) is 1. The van der Waals surface area contributed by atoms with E-state index in [1.54, 1.807) is 25.3 Å². The molecule has 4 rings (SSSR count). The van der Waals surface area contributed by atoms with E-state index < -0.39 is 0 Å². The van der Waals surface area contributed by atoms with Crippen LogP contribution in [0.3, 0.4) is 0 Å². The van der Waals surface area contributed by atoms with Gasteiger partial charge in [0.15, 0.2) is 22.5 Å². The number of aromatic nitrogens is 3. The van der Waals surface area contributed by atoms with Crippen LogP contribution in [0.2, 0.25) is 0 Å². The van der Waals surface area contributed by atoms with Gasteiger partial charge >= 0.3 is 0 Å². The van der Waals surface area contributed by atoms with Crippen LogP contribution in [0.25, 0.3) is 11.4 Å². The van der Waals surface area contributed by atoms with Crippen LogP contribution in [-0.4, -0.2) is 46.7 Å². The van der Waals surface area contributed by atoms with Crippen molar-refractivity contribution in [3.05, 3.63) is 90.2 Å². The van der Waals surface area contributed by atoms with Gasteiger partial charge in [0.25, 0.3) is 0 Å². The molecule has 1 heterocycles. The van der Waals surface area contributed by atoms with Crippen molar-refractivity contribution in [2.45, 2.75) is 11.7 Å². The van der Waals surface area contributed by atoms with Crippen molar-refractivity contribution in [3.63, 3.8) is 0 Å². The SMILES string of the molecule is COc1ccccc1OCCNC(=O)CSc1nnc(-c2ccccc2F)n1Cc1ccccc1. The summed E-state index contributed by atoms with van der Waals surface area (Å²) in [7, 11) is 1.58. The molecule has 0 fully saturated rings. The van der Waals surface area contributed by atoms with Gasteiger partial charge in [-0.3, -0.25) is 9.36 Å². The minimum atomic E-state index is -0.376. The van der Waals surface area contributed by atoms with Crippen LogP contribution < -0.4 is 14.8 Å². The molecule has 3 aromatic carbocycles. The number of amides is 1. The first-order valence-corrected chi connectivity index (χ1v) is 12.0. The molecule has 0 unspecified atom stereocenters. The van der Waals surface area contributed by atoms with Crippen LogP contribution in [0.15, 0.2) is 84.0 Å². The number of carbonyl (C=O) groups excluding carboxylic acids is 1. The molecule has 1 aromatic heterocycles. The normalized spacial score (nSPS) is 10.7. The fourth-order valence-corrected chi connectivity index (χ4v) is 4.18. The first-order chi connectivity index (χ1) is 17.2. The van der Waals surface area contributed by atoms with E-state index in [0.717, 1.165) is 5.56 Å². The number of nitrogens with zero attached hydrogens (tertiary/aromatic N) is 3. The molecule has 0 aliphatic rings. The Kier molecular flexibility index (Phi) is 8.34. The number of carbonyl (C=O) groups is 1. The quantitative estimate of drug-likeness (QED) is 0.247. The molecule has 35 heavy (non-hydrogen) atoms. The second kappa shape index (κ2) is 12.0. The topological polar surface area (TPSA) is 78.3 Å². The van der Waals surface area contributed by atoms with Crippen LogP contribution in [0, 0.1) is 5.82 Å². The summed E-state index contributed by atoms with van der Waals surface area (Å²) in [5.41, 5.74) is 1.38. The zero-order chi connectivity index (χ0) is 24.5. The van der Waals surface area contributed by atoms with Crippen LogP contribution in [-0.2, 0) is 11.3 Å². The number of benzene rings is 3. The lowest BCUT2D eigenvalue weighted by Gasteiger charge is -2.12. The van der Waals surface area contributed by atoms with Crippen LogP contribution in [0.1, 0.15) is 5.56 Å². The Morgan fingerprint density at radius 3 is 2.46 bits per heavy atom. The fraction of sp³-hybridized carbons (Fsp3) is 0.192. The molecule has 0 aliphatic carbocycles. The monoisotopic (exact) mass is 492 g/mol. The molecule has 9 heteroatoms. The van der Waals surface area contributed by atoms with Crippen molar-refractivity contribution in [1.82, 2.24) is 20.1 Å². The average Bonchev–Trinajstić information content (AvgIpc) is 3.28. The molecule has 1 N–H and O–H groups in total. The first-order valence-electron chi connectivity index (χ1n) is 11.0. The summed E-state index contributed by atoms with van der Waals surface area (Å²) in [5, 5.41) is 11.9. The maximum atomic E-state index is 14.5. The lowest BCUT2D eigenvalue weighted by molar-refractivity contribution is -0.118. The second-order valence-corrected chi connectivity index (χ2v) is 8.44. The third-order valence-electron chi connectivity index (χ3n) is 5.10. The van der Waals surface area contributed by atoms with Gasteiger partial charge in [0.05, 0.1) is 31.5 Å². The first kappa shape index (κ1) is 24.3. The maximum absolute atomic E-state index is 14.5. The number of halogens is 1. The minimum Gasteiger partial charge on any atom is -0.493 e. The van der Waals surface area contributed by atoms with E-state index in [9.17, 15) is 9.18 Å². The summed E-state index contributed by atoms with van der Waals surface area (Å²) in [5.74, 6) is 1.27. The third-order valence-corrected chi connectivity index (χ3v) is 6.07. The van der Waals surface area contributed by atoms with Gasteiger partial charge in [-0.1, -0.05) is 66.4 Å². The highest BCUT2D eigenvalue weighted by molar-refractivity contribution is 7.99. The molecule has 1 amide bonds. The molecule has 0 atom stereocenters. The summed E-state index contributed by atoms with van der Waals surface area (Å²) in [6, 6.07) is 23.6. The number of ether oxygens (including phenoxy) is 2. The van der Waals surface area contributed by atoms with E-state index in [1.807, 2.05) is 59.2 Å². The van der Waals surface area contributed by atoms with E-state index in [-0.39, 0.29) is 17.5 Å². The summed E-state index contributed by atoms with van der Waals surface area (Å²) in [6.45, 7) is 1.10. The predicted octanol–water partition coefficient (Wildman–Crippen LogP) is 4.43. The molecule has 0 saturated heterocycles. The number of nitrogens with one attached hydrogen (secondary N) is 1. The van der Waals surface area contributed by atoms with Gasteiger partial charge in [-0.05, 0) is 29.8 Å². The maximum Gasteiger partial charge on any atom is 0.230 e. The highest BCUT2D eigenvalue weighted by Crippen LogP contribution is 2.27. The molecule has 0 spiro atoms. The molecule has 0 bridgehead atoms. The predicted molar refractivity (Wildman–Crippen MR) is 133 cm³/mol. The largest absolute Gasteiger partial charge is 0.493 e. The fourth-order valence-electron chi connectivity index (χ4n) is 3.42. The van der Waals surface area contributed by atoms with E-state index >= 15 is 0 Å². The van der Waals surface area contributed by atoms with E-state index in [2.05, 4.69) is 15.5 Å². The van der Waals surface area contributed by atoms with Gasteiger partial charge in [0, 0.05) is 0 Å². The van der Waals surface area contributed by atoms with Gasteiger partial charge in [-0.25, -0.2) is 4.39 Å².